The summed E-state index contributed by atoms with van der Waals surface area (Å²) in [6.45, 7) is 4.42. The molecule has 1 fully saturated rings. The Morgan fingerprint density at radius 1 is 1.61 bits per heavy atom. The molecule has 1 saturated carbocycles. The Morgan fingerprint density at radius 3 is 3.00 bits per heavy atom. The molecule has 0 bridgehead atoms. The molecule has 0 radical (unpaired) electrons. The maximum absolute atomic E-state index is 5.41. The number of pyridine rings is 1. The molecule has 0 amide bonds. The van der Waals surface area contributed by atoms with Crippen molar-refractivity contribution in [3.05, 3.63) is 22.3 Å². The Balaban J connectivity index is 2.17. The second kappa shape index (κ2) is 6.21. The van der Waals surface area contributed by atoms with E-state index >= 15 is 0 Å². The third kappa shape index (κ3) is 3.47. The quantitative estimate of drug-likeness (QED) is 0.819. The molecule has 1 heterocycles. The second-order valence-electron chi connectivity index (χ2n) is 4.51. The van der Waals surface area contributed by atoms with Gasteiger partial charge in [0.25, 0.3) is 0 Å². The largest absolute Gasteiger partial charge is 0.345 e. The molecular formula is C14H18BrN3. The van der Waals surface area contributed by atoms with Crippen LogP contribution in [-0.2, 0) is 6.54 Å². The van der Waals surface area contributed by atoms with Crippen molar-refractivity contribution in [1.29, 1.82) is 0 Å². The molecule has 4 heteroatoms. The zero-order valence-electron chi connectivity index (χ0n) is 10.6. The van der Waals surface area contributed by atoms with Crippen LogP contribution >= 0.6 is 15.9 Å². The van der Waals surface area contributed by atoms with Gasteiger partial charge in [-0.1, -0.05) is 5.92 Å². The van der Waals surface area contributed by atoms with E-state index in [9.17, 15) is 0 Å². The summed E-state index contributed by atoms with van der Waals surface area (Å²) in [6, 6.07) is 2.82. The molecule has 1 aromatic heterocycles. The lowest BCUT2D eigenvalue weighted by atomic mass is 10.2. The van der Waals surface area contributed by atoms with Crippen LogP contribution in [0.1, 0.15) is 25.3 Å². The molecule has 0 unspecified atom stereocenters. The molecular weight excluding hydrogens is 290 g/mol. The van der Waals surface area contributed by atoms with Crippen molar-refractivity contribution in [2.45, 2.75) is 32.4 Å². The minimum atomic E-state index is 0.599. The predicted molar refractivity (Wildman–Crippen MR) is 78.5 cm³/mol. The van der Waals surface area contributed by atoms with Crippen LogP contribution in [0.5, 0.6) is 0 Å². The van der Waals surface area contributed by atoms with Crippen molar-refractivity contribution in [3.8, 4) is 12.3 Å². The molecule has 0 spiro atoms. The average molecular weight is 308 g/mol. The van der Waals surface area contributed by atoms with Gasteiger partial charge in [0.2, 0.25) is 0 Å². The molecule has 1 aliphatic carbocycles. The maximum Gasteiger partial charge on any atom is 0.133 e. The lowest BCUT2D eigenvalue weighted by molar-refractivity contribution is 0.682. The van der Waals surface area contributed by atoms with Gasteiger partial charge in [0.1, 0.15) is 5.82 Å². The van der Waals surface area contributed by atoms with Crippen molar-refractivity contribution in [2.24, 2.45) is 0 Å². The van der Waals surface area contributed by atoms with Gasteiger partial charge in [-0.2, -0.15) is 0 Å². The first kappa shape index (κ1) is 13.4. The highest BCUT2D eigenvalue weighted by Gasteiger charge is 2.21. The van der Waals surface area contributed by atoms with Crippen LogP contribution in [0.4, 0.5) is 5.82 Å². The summed E-state index contributed by atoms with van der Waals surface area (Å²) in [5.41, 5.74) is 1.20. The zero-order chi connectivity index (χ0) is 13.0. The van der Waals surface area contributed by atoms with Crippen molar-refractivity contribution in [2.75, 3.05) is 18.0 Å². The van der Waals surface area contributed by atoms with Crippen LogP contribution in [0.2, 0.25) is 0 Å². The summed E-state index contributed by atoms with van der Waals surface area (Å²) in [5, 5.41) is 3.52. The van der Waals surface area contributed by atoms with Crippen LogP contribution in [-0.4, -0.2) is 24.1 Å². The lowest BCUT2D eigenvalue weighted by Gasteiger charge is -2.22. The SMILES string of the molecule is C#CCN(CC)c1ncc(Br)cc1CNC1CC1. The molecule has 0 saturated heterocycles. The van der Waals surface area contributed by atoms with E-state index in [1.54, 1.807) is 0 Å². The normalized spacial score (nSPS) is 14.3. The van der Waals surface area contributed by atoms with Crippen molar-refractivity contribution >= 4 is 21.7 Å². The van der Waals surface area contributed by atoms with Crippen LogP contribution < -0.4 is 10.2 Å². The first-order valence-electron chi connectivity index (χ1n) is 6.30. The minimum absolute atomic E-state index is 0.599. The molecule has 1 aromatic rings. The number of aromatic nitrogens is 1. The average Bonchev–Trinajstić information content (AvgIpc) is 3.18. The first-order valence-corrected chi connectivity index (χ1v) is 7.10. The van der Waals surface area contributed by atoms with E-state index in [4.69, 9.17) is 6.42 Å². The molecule has 1 N–H and O–H groups in total. The van der Waals surface area contributed by atoms with Gasteiger partial charge in [0.15, 0.2) is 0 Å². The molecule has 96 valence electrons. The highest BCUT2D eigenvalue weighted by Crippen LogP contribution is 2.24. The Labute approximate surface area is 117 Å². The van der Waals surface area contributed by atoms with E-state index < -0.39 is 0 Å². The van der Waals surface area contributed by atoms with E-state index in [2.05, 4.69) is 50.0 Å². The molecule has 3 nitrogen and oxygen atoms in total. The zero-order valence-corrected chi connectivity index (χ0v) is 12.2. The van der Waals surface area contributed by atoms with Gasteiger partial charge in [-0.15, -0.1) is 6.42 Å². The second-order valence-corrected chi connectivity index (χ2v) is 5.43. The Bertz CT molecular complexity index is 449. The summed E-state index contributed by atoms with van der Waals surface area (Å²) in [6.07, 6.45) is 9.82. The Hall–Kier alpha value is -1.05. The van der Waals surface area contributed by atoms with Gasteiger partial charge in [0.05, 0.1) is 6.54 Å². The van der Waals surface area contributed by atoms with E-state index in [0.29, 0.717) is 12.6 Å². The Kier molecular flexibility index (Phi) is 4.62. The number of hydrogen-bond acceptors (Lipinski definition) is 3. The number of nitrogens with zero attached hydrogens (tertiary/aromatic N) is 2. The number of anilines is 1. The number of terminal acetylenes is 1. The highest BCUT2D eigenvalue weighted by molar-refractivity contribution is 9.10. The van der Waals surface area contributed by atoms with Gasteiger partial charge >= 0.3 is 0 Å². The predicted octanol–water partition coefficient (Wildman–Crippen LogP) is 2.56. The summed E-state index contributed by atoms with van der Waals surface area (Å²) < 4.78 is 1.01. The van der Waals surface area contributed by atoms with Gasteiger partial charge in [0, 0.05) is 35.4 Å². The van der Waals surface area contributed by atoms with Crippen LogP contribution in [0, 0.1) is 12.3 Å². The number of hydrogen-bond donors (Lipinski definition) is 1. The third-order valence-electron chi connectivity index (χ3n) is 3.03. The van der Waals surface area contributed by atoms with E-state index in [0.717, 1.165) is 23.4 Å². The molecule has 0 atom stereocenters. The lowest BCUT2D eigenvalue weighted by Crippen LogP contribution is -2.27. The fourth-order valence-corrected chi connectivity index (χ4v) is 2.26. The Morgan fingerprint density at radius 2 is 2.39 bits per heavy atom. The van der Waals surface area contributed by atoms with Gasteiger partial charge in [-0.05, 0) is 41.8 Å². The van der Waals surface area contributed by atoms with Crippen LogP contribution in [0.25, 0.3) is 0 Å². The molecule has 2 rings (SSSR count). The fraction of sp³-hybridized carbons (Fsp3) is 0.500. The molecule has 18 heavy (non-hydrogen) atoms. The van der Waals surface area contributed by atoms with Crippen LogP contribution in [0.3, 0.4) is 0 Å². The molecule has 0 aromatic carbocycles. The summed E-state index contributed by atoms with van der Waals surface area (Å²) in [4.78, 5) is 6.63. The number of nitrogens with one attached hydrogen (secondary N) is 1. The minimum Gasteiger partial charge on any atom is -0.345 e. The van der Waals surface area contributed by atoms with Gasteiger partial charge in [-0.25, -0.2) is 4.98 Å². The van der Waals surface area contributed by atoms with Gasteiger partial charge in [-0.3, -0.25) is 0 Å². The van der Waals surface area contributed by atoms with E-state index in [1.807, 2.05) is 6.20 Å². The van der Waals surface area contributed by atoms with E-state index in [-0.39, 0.29) is 0 Å². The van der Waals surface area contributed by atoms with Crippen molar-refractivity contribution in [3.63, 3.8) is 0 Å². The summed E-state index contributed by atoms with van der Waals surface area (Å²) >= 11 is 3.48. The summed E-state index contributed by atoms with van der Waals surface area (Å²) in [5.74, 6) is 3.68. The monoisotopic (exact) mass is 307 g/mol. The van der Waals surface area contributed by atoms with Crippen molar-refractivity contribution in [1.82, 2.24) is 10.3 Å². The standard InChI is InChI=1S/C14H18BrN3/c1-3-7-18(4-2)14-11(8-12(15)10-17-14)9-16-13-5-6-13/h1,8,10,13,16H,4-7,9H2,2H3. The number of halogens is 1. The maximum atomic E-state index is 5.41. The van der Waals surface area contributed by atoms with Crippen LogP contribution in [0.15, 0.2) is 16.7 Å². The smallest absolute Gasteiger partial charge is 0.133 e. The third-order valence-corrected chi connectivity index (χ3v) is 3.47. The molecule has 0 aliphatic heterocycles. The fourth-order valence-electron chi connectivity index (χ4n) is 1.88. The van der Waals surface area contributed by atoms with E-state index in [1.165, 1.54) is 18.4 Å². The highest BCUT2D eigenvalue weighted by atomic mass is 79.9. The first-order chi connectivity index (χ1) is 8.74. The topological polar surface area (TPSA) is 28.2 Å². The molecule has 1 aliphatic rings. The van der Waals surface area contributed by atoms with Gasteiger partial charge < -0.3 is 10.2 Å². The number of rotatable bonds is 6. The summed E-state index contributed by atoms with van der Waals surface area (Å²) in [7, 11) is 0. The van der Waals surface area contributed by atoms with Crippen molar-refractivity contribution < 1.29 is 0 Å².